The number of thiazole rings is 1. The van der Waals surface area contributed by atoms with Gasteiger partial charge in [0, 0.05) is 30.1 Å². The second-order valence-electron chi connectivity index (χ2n) is 6.10. The molecule has 5 heteroatoms. The number of hydrogen-bond acceptors (Lipinski definition) is 5. The molecular weight excluding hydrogens is 306 g/mol. The number of aromatic nitrogens is 1. The molecule has 1 aromatic heterocycles. The minimum atomic E-state index is 0.493. The summed E-state index contributed by atoms with van der Waals surface area (Å²) in [6, 6.07) is 8.92. The van der Waals surface area contributed by atoms with Crippen LogP contribution in [0.15, 0.2) is 29.6 Å². The van der Waals surface area contributed by atoms with Crippen molar-refractivity contribution >= 4 is 11.3 Å². The highest BCUT2D eigenvalue weighted by atomic mass is 32.1. The molecule has 1 aliphatic rings. The van der Waals surface area contributed by atoms with Crippen LogP contribution in [0.1, 0.15) is 31.9 Å². The summed E-state index contributed by atoms with van der Waals surface area (Å²) >= 11 is 1.63. The molecule has 0 spiro atoms. The van der Waals surface area contributed by atoms with Crippen molar-refractivity contribution in [1.29, 1.82) is 0 Å². The van der Waals surface area contributed by atoms with Crippen molar-refractivity contribution in [2.45, 2.75) is 38.8 Å². The SMILES string of the molecule is CC1CCCN1CCCOc1ccc(-c2nc(CN)cs2)cc1. The van der Waals surface area contributed by atoms with Gasteiger partial charge in [-0.2, -0.15) is 0 Å². The number of hydrogen-bond donors (Lipinski definition) is 1. The predicted octanol–water partition coefficient (Wildman–Crippen LogP) is 3.52. The van der Waals surface area contributed by atoms with Crippen LogP contribution in [-0.4, -0.2) is 35.6 Å². The zero-order valence-corrected chi connectivity index (χ0v) is 14.5. The maximum atomic E-state index is 5.85. The Balaban J connectivity index is 1.46. The molecule has 3 rings (SSSR count). The first kappa shape index (κ1) is 16.4. The Labute approximate surface area is 142 Å². The van der Waals surface area contributed by atoms with E-state index in [1.165, 1.54) is 19.4 Å². The van der Waals surface area contributed by atoms with Crippen molar-refractivity contribution < 1.29 is 4.74 Å². The molecule has 23 heavy (non-hydrogen) atoms. The average Bonchev–Trinajstić information content (AvgIpc) is 3.21. The fourth-order valence-corrected chi connectivity index (χ4v) is 3.85. The first-order chi connectivity index (χ1) is 11.3. The van der Waals surface area contributed by atoms with Crippen LogP contribution in [0.25, 0.3) is 10.6 Å². The largest absolute Gasteiger partial charge is 0.494 e. The Bertz CT molecular complexity index is 611. The second kappa shape index (κ2) is 7.90. The van der Waals surface area contributed by atoms with Crippen molar-refractivity contribution in [2.24, 2.45) is 5.73 Å². The second-order valence-corrected chi connectivity index (χ2v) is 6.96. The summed E-state index contributed by atoms with van der Waals surface area (Å²) in [7, 11) is 0. The minimum absolute atomic E-state index is 0.493. The molecule has 4 nitrogen and oxygen atoms in total. The Kier molecular flexibility index (Phi) is 5.65. The van der Waals surface area contributed by atoms with Gasteiger partial charge in [-0.15, -0.1) is 11.3 Å². The van der Waals surface area contributed by atoms with Gasteiger partial charge in [0.1, 0.15) is 10.8 Å². The van der Waals surface area contributed by atoms with Crippen molar-refractivity contribution in [1.82, 2.24) is 9.88 Å². The van der Waals surface area contributed by atoms with Crippen LogP contribution in [0.5, 0.6) is 5.75 Å². The van der Waals surface area contributed by atoms with E-state index in [0.29, 0.717) is 6.54 Å². The lowest BCUT2D eigenvalue weighted by molar-refractivity contribution is 0.230. The smallest absolute Gasteiger partial charge is 0.123 e. The number of benzene rings is 1. The first-order valence-corrected chi connectivity index (χ1v) is 9.26. The highest BCUT2D eigenvalue weighted by Crippen LogP contribution is 2.25. The zero-order valence-electron chi connectivity index (χ0n) is 13.7. The lowest BCUT2D eigenvalue weighted by Gasteiger charge is -2.20. The summed E-state index contributed by atoms with van der Waals surface area (Å²) in [6.45, 7) is 5.97. The van der Waals surface area contributed by atoms with Gasteiger partial charge in [0.15, 0.2) is 0 Å². The van der Waals surface area contributed by atoms with Gasteiger partial charge in [0.05, 0.1) is 12.3 Å². The van der Waals surface area contributed by atoms with Crippen LogP contribution in [0, 0.1) is 0 Å². The monoisotopic (exact) mass is 331 g/mol. The third kappa shape index (κ3) is 4.31. The summed E-state index contributed by atoms with van der Waals surface area (Å²) in [6.07, 6.45) is 3.76. The van der Waals surface area contributed by atoms with Gasteiger partial charge in [-0.05, 0) is 57.0 Å². The maximum Gasteiger partial charge on any atom is 0.123 e. The fraction of sp³-hybridized carbons (Fsp3) is 0.500. The van der Waals surface area contributed by atoms with E-state index >= 15 is 0 Å². The van der Waals surface area contributed by atoms with E-state index in [-0.39, 0.29) is 0 Å². The van der Waals surface area contributed by atoms with E-state index in [9.17, 15) is 0 Å². The third-order valence-electron chi connectivity index (χ3n) is 4.41. The lowest BCUT2D eigenvalue weighted by Crippen LogP contribution is -2.28. The standard InChI is InChI=1S/C18H25N3OS/c1-14-4-2-9-21(14)10-3-11-22-17-7-5-15(6-8-17)18-20-16(12-19)13-23-18/h5-8,13-14H,2-4,9-12,19H2,1H3. The quantitative estimate of drug-likeness (QED) is 0.789. The summed E-state index contributed by atoms with van der Waals surface area (Å²) in [5, 5.41) is 3.03. The van der Waals surface area contributed by atoms with Crippen LogP contribution in [-0.2, 0) is 6.54 Å². The summed E-state index contributed by atoms with van der Waals surface area (Å²) in [5.41, 5.74) is 7.67. The Morgan fingerprint density at radius 2 is 2.17 bits per heavy atom. The Hall–Kier alpha value is -1.43. The van der Waals surface area contributed by atoms with E-state index in [2.05, 4.69) is 28.9 Å². The van der Waals surface area contributed by atoms with E-state index in [1.807, 2.05) is 17.5 Å². The lowest BCUT2D eigenvalue weighted by atomic mass is 10.2. The molecule has 2 N–H and O–H groups in total. The molecule has 0 amide bonds. The van der Waals surface area contributed by atoms with Gasteiger partial charge in [-0.1, -0.05) is 0 Å². The van der Waals surface area contributed by atoms with Gasteiger partial charge in [-0.3, -0.25) is 0 Å². The van der Waals surface area contributed by atoms with Crippen molar-refractivity contribution in [3.05, 3.63) is 35.3 Å². The molecule has 1 aliphatic heterocycles. The number of nitrogens with two attached hydrogens (primary N) is 1. The Morgan fingerprint density at radius 3 is 2.83 bits per heavy atom. The van der Waals surface area contributed by atoms with Gasteiger partial charge in [-0.25, -0.2) is 4.98 Å². The van der Waals surface area contributed by atoms with E-state index in [4.69, 9.17) is 10.5 Å². The zero-order chi connectivity index (χ0) is 16.1. The predicted molar refractivity (Wildman–Crippen MR) is 95.8 cm³/mol. The van der Waals surface area contributed by atoms with Gasteiger partial charge < -0.3 is 15.4 Å². The molecule has 0 bridgehead atoms. The minimum Gasteiger partial charge on any atom is -0.494 e. The molecule has 0 saturated carbocycles. The molecule has 0 radical (unpaired) electrons. The van der Waals surface area contributed by atoms with E-state index < -0.39 is 0 Å². The molecule has 2 aromatic rings. The first-order valence-electron chi connectivity index (χ1n) is 8.38. The maximum absolute atomic E-state index is 5.85. The van der Waals surface area contributed by atoms with Gasteiger partial charge >= 0.3 is 0 Å². The molecule has 1 saturated heterocycles. The van der Waals surface area contributed by atoms with Crippen LogP contribution in [0.4, 0.5) is 0 Å². The fourth-order valence-electron chi connectivity index (χ4n) is 3.01. The molecule has 2 heterocycles. The van der Waals surface area contributed by atoms with Gasteiger partial charge in [0.25, 0.3) is 0 Å². The molecule has 0 aliphatic carbocycles. The Morgan fingerprint density at radius 1 is 1.35 bits per heavy atom. The average molecular weight is 331 g/mol. The topological polar surface area (TPSA) is 51.4 Å². The molecule has 1 fully saturated rings. The van der Waals surface area contributed by atoms with Crippen LogP contribution in [0.2, 0.25) is 0 Å². The van der Waals surface area contributed by atoms with Crippen LogP contribution in [0.3, 0.4) is 0 Å². The van der Waals surface area contributed by atoms with Crippen LogP contribution < -0.4 is 10.5 Å². The number of ether oxygens (including phenoxy) is 1. The highest BCUT2D eigenvalue weighted by molar-refractivity contribution is 7.13. The third-order valence-corrected chi connectivity index (χ3v) is 5.35. The summed E-state index contributed by atoms with van der Waals surface area (Å²) < 4.78 is 5.85. The summed E-state index contributed by atoms with van der Waals surface area (Å²) in [4.78, 5) is 7.06. The van der Waals surface area contributed by atoms with Gasteiger partial charge in [0.2, 0.25) is 0 Å². The highest BCUT2D eigenvalue weighted by Gasteiger charge is 2.19. The molecule has 124 valence electrons. The van der Waals surface area contributed by atoms with Crippen LogP contribution >= 0.6 is 11.3 Å². The molecule has 1 aromatic carbocycles. The number of rotatable bonds is 7. The molecule has 1 unspecified atom stereocenters. The van der Waals surface area contributed by atoms with Crippen molar-refractivity contribution in [3.8, 4) is 16.3 Å². The normalized spacial score (nSPS) is 18.4. The van der Waals surface area contributed by atoms with E-state index in [1.54, 1.807) is 11.3 Å². The van der Waals surface area contributed by atoms with Crippen molar-refractivity contribution in [2.75, 3.05) is 19.7 Å². The summed E-state index contributed by atoms with van der Waals surface area (Å²) in [5.74, 6) is 0.929. The molecular formula is C18H25N3OS. The van der Waals surface area contributed by atoms with E-state index in [0.717, 1.165) is 47.6 Å². The number of likely N-dealkylation sites (tertiary alicyclic amines) is 1. The molecule has 1 atom stereocenters. The number of nitrogens with zero attached hydrogens (tertiary/aromatic N) is 2. The van der Waals surface area contributed by atoms with Crippen molar-refractivity contribution in [3.63, 3.8) is 0 Å².